The molecule has 0 atom stereocenters. The Balaban J connectivity index is 1.30. The van der Waals surface area contributed by atoms with Crippen LogP contribution in [0.5, 0.6) is 0 Å². The van der Waals surface area contributed by atoms with E-state index in [1.165, 1.54) is 0 Å². The smallest absolute Gasteiger partial charge is 0.251 e. The number of aromatic nitrogens is 5. The number of hydrogen-bond acceptors (Lipinski definition) is 6. The summed E-state index contributed by atoms with van der Waals surface area (Å²) in [4.78, 5) is 17.1. The van der Waals surface area contributed by atoms with Gasteiger partial charge >= 0.3 is 0 Å². The number of H-pyrrole nitrogens is 1. The van der Waals surface area contributed by atoms with E-state index in [1.807, 2.05) is 60.7 Å². The molecule has 3 aromatic heterocycles. The summed E-state index contributed by atoms with van der Waals surface area (Å²) >= 11 is 0. The largest absolute Gasteiger partial charge is 0.359 e. The van der Waals surface area contributed by atoms with Crippen LogP contribution in [0.15, 0.2) is 77.3 Å². The first kappa shape index (κ1) is 17.7. The number of rotatable bonds is 5. The maximum absolute atomic E-state index is 12.6. The highest BCUT2D eigenvalue weighted by atomic mass is 16.5. The van der Waals surface area contributed by atoms with E-state index in [2.05, 4.69) is 30.9 Å². The lowest BCUT2D eigenvalue weighted by Crippen LogP contribution is -2.22. The number of pyridine rings is 1. The van der Waals surface area contributed by atoms with Crippen LogP contribution in [0.25, 0.3) is 33.7 Å². The molecule has 0 unspecified atom stereocenters. The Morgan fingerprint density at radius 2 is 1.80 bits per heavy atom. The minimum Gasteiger partial charge on any atom is -0.359 e. The van der Waals surface area contributed by atoms with Gasteiger partial charge in [0.2, 0.25) is 5.65 Å². The number of fused-ring (bicyclic) bond motifs is 1. The monoisotopic (exact) mass is 396 g/mol. The third kappa shape index (κ3) is 3.53. The number of nitrogens with zero attached hydrogens (tertiary/aromatic N) is 4. The number of hydrogen-bond donors (Lipinski definition) is 2. The lowest BCUT2D eigenvalue weighted by Gasteiger charge is -2.06. The molecular weight excluding hydrogens is 380 g/mol. The number of carbonyl (C=O) groups excluding carboxylic acids is 1. The standard InChI is InChI=1S/C22H16N6O2/c29-22(23-13-17-12-20(27-30-17)14-5-2-1-3-6-14)16-8-4-7-15(11-16)18-9-10-19-21(24-18)26-28-25-19/h1-12H,13H2,(H,23,29)(H,24,25,26,28). The van der Waals surface area contributed by atoms with E-state index in [-0.39, 0.29) is 12.5 Å². The highest BCUT2D eigenvalue weighted by Crippen LogP contribution is 2.21. The van der Waals surface area contributed by atoms with E-state index in [0.29, 0.717) is 22.7 Å². The number of benzene rings is 2. The van der Waals surface area contributed by atoms with Crippen molar-refractivity contribution >= 4 is 17.1 Å². The molecule has 3 heterocycles. The van der Waals surface area contributed by atoms with Crippen molar-refractivity contribution < 1.29 is 9.32 Å². The first-order chi connectivity index (χ1) is 14.8. The van der Waals surface area contributed by atoms with E-state index >= 15 is 0 Å². The maximum atomic E-state index is 12.6. The molecule has 5 rings (SSSR count). The fourth-order valence-electron chi connectivity index (χ4n) is 3.13. The molecule has 0 aliphatic rings. The third-order valence-corrected chi connectivity index (χ3v) is 4.66. The summed E-state index contributed by atoms with van der Waals surface area (Å²) < 4.78 is 5.34. The Kier molecular flexibility index (Phi) is 4.49. The van der Waals surface area contributed by atoms with E-state index < -0.39 is 0 Å². The van der Waals surface area contributed by atoms with Crippen LogP contribution >= 0.6 is 0 Å². The Morgan fingerprint density at radius 3 is 2.70 bits per heavy atom. The first-order valence-corrected chi connectivity index (χ1v) is 9.34. The number of nitrogens with one attached hydrogen (secondary N) is 2. The molecular formula is C22H16N6O2. The molecule has 0 saturated carbocycles. The molecule has 5 aromatic rings. The minimum absolute atomic E-state index is 0.211. The second-order valence-corrected chi connectivity index (χ2v) is 6.69. The average Bonchev–Trinajstić information content (AvgIpc) is 3.47. The lowest BCUT2D eigenvalue weighted by molar-refractivity contribution is 0.0947. The van der Waals surface area contributed by atoms with E-state index in [0.717, 1.165) is 22.3 Å². The molecule has 1 amide bonds. The highest BCUT2D eigenvalue weighted by Gasteiger charge is 2.11. The fourth-order valence-corrected chi connectivity index (χ4v) is 3.13. The Labute approximate surface area is 170 Å². The van der Waals surface area contributed by atoms with Crippen molar-refractivity contribution in [1.29, 1.82) is 0 Å². The molecule has 0 saturated heterocycles. The predicted octanol–water partition coefficient (Wildman–Crippen LogP) is 3.60. The van der Waals surface area contributed by atoms with Crippen LogP contribution in [0.2, 0.25) is 0 Å². The van der Waals surface area contributed by atoms with Crippen LogP contribution in [0.3, 0.4) is 0 Å². The zero-order chi connectivity index (χ0) is 20.3. The SMILES string of the molecule is O=C(NCc1cc(-c2ccccc2)no1)c1cccc(-c2ccc3[nH]nnc3n2)c1. The highest BCUT2D eigenvalue weighted by molar-refractivity contribution is 5.95. The average molecular weight is 396 g/mol. The van der Waals surface area contributed by atoms with Gasteiger partial charge in [-0.2, -0.15) is 0 Å². The van der Waals surface area contributed by atoms with Gasteiger partial charge in [-0.25, -0.2) is 4.98 Å². The van der Waals surface area contributed by atoms with Gasteiger partial charge in [0, 0.05) is 22.8 Å². The molecule has 146 valence electrons. The number of aromatic amines is 1. The molecule has 2 aromatic carbocycles. The molecule has 8 nitrogen and oxygen atoms in total. The molecule has 0 aliphatic carbocycles. The zero-order valence-electron chi connectivity index (χ0n) is 15.7. The van der Waals surface area contributed by atoms with Crippen molar-refractivity contribution in [2.45, 2.75) is 6.54 Å². The van der Waals surface area contributed by atoms with Crippen molar-refractivity contribution in [1.82, 2.24) is 30.9 Å². The minimum atomic E-state index is -0.211. The molecule has 0 fully saturated rings. The summed E-state index contributed by atoms with van der Waals surface area (Å²) in [5.74, 6) is 0.369. The van der Waals surface area contributed by atoms with E-state index in [1.54, 1.807) is 12.1 Å². The molecule has 30 heavy (non-hydrogen) atoms. The van der Waals surface area contributed by atoms with Gasteiger partial charge in [0.15, 0.2) is 5.76 Å². The Bertz CT molecular complexity index is 1330. The lowest BCUT2D eigenvalue weighted by atomic mass is 10.1. The van der Waals surface area contributed by atoms with E-state index in [9.17, 15) is 4.79 Å². The summed E-state index contributed by atoms with van der Waals surface area (Å²) in [5, 5.41) is 17.4. The van der Waals surface area contributed by atoms with Crippen molar-refractivity contribution in [2.75, 3.05) is 0 Å². The Hall–Kier alpha value is -4.33. The third-order valence-electron chi connectivity index (χ3n) is 4.66. The van der Waals surface area contributed by atoms with Crippen molar-refractivity contribution in [2.24, 2.45) is 0 Å². The fraction of sp³-hybridized carbons (Fsp3) is 0.0455. The van der Waals surface area contributed by atoms with Gasteiger partial charge in [-0.15, -0.1) is 5.10 Å². The molecule has 0 aliphatic heterocycles. The van der Waals surface area contributed by atoms with Gasteiger partial charge in [0.25, 0.3) is 5.91 Å². The van der Waals surface area contributed by atoms with Crippen LogP contribution < -0.4 is 5.32 Å². The van der Waals surface area contributed by atoms with Gasteiger partial charge in [-0.05, 0) is 24.3 Å². The number of amides is 1. The predicted molar refractivity (Wildman–Crippen MR) is 110 cm³/mol. The first-order valence-electron chi connectivity index (χ1n) is 9.34. The summed E-state index contributed by atoms with van der Waals surface area (Å²) in [7, 11) is 0. The van der Waals surface area contributed by atoms with Crippen LogP contribution in [0.1, 0.15) is 16.1 Å². The molecule has 0 spiro atoms. The van der Waals surface area contributed by atoms with Crippen molar-refractivity contribution in [3.63, 3.8) is 0 Å². The van der Waals surface area contributed by atoms with Gasteiger partial charge < -0.3 is 9.84 Å². The van der Waals surface area contributed by atoms with Crippen LogP contribution in [-0.2, 0) is 6.54 Å². The second-order valence-electron chi connectivity index (χ2n) is 6.69. The normalized spacial score (nSPS) is 10.9. The van der Waals surface area contributed by atoms with Crippen LogP contribution in [0.4, 0.5) is 0 Å². The van der Waals surface area contributed by atoms with Gasteiger partial charge in [-0.3, -0.25) is 9.89 Å². The summed E-state index contributed by atoms with van der Waals surface area (Å²) in [6, 6.07) is 22.5. The van der Waals surface area contributed by atoms with Crippen molar-refractivity contribution in [3.05, 3.63) is 84.1 Å². The summed E-state index contributed by atoms with van der Waals surface area (Å²) in [6.07, 6.45) is 0. The van der Waals surface area contributed by atoms with Gasteiger partial charge in [0.05, 0.1) is 12.2 Å². The summed E-state index contributed by atoms with van der Waals surface area (Å²) in [5.41, 5.74) is 5.04. The zero-order valence-corrected chi connectivity index (χ0v) is 15.7. The molecule has 8 heteroatoms. The molecule has 0 radical (unpaired) electrons. The maximum Gasteiger partial charge on any atom is 0.251 e. The van der Waals surface area contributed by atoms with Gasteiger partial charge in [-0.1, -0.05) is 52.8 Å². The second kappa shape index (κ2) is 7.59. The van der Waals surface area contributed by atoms with Crippen molar-refractivity contribution in [3.8, 4) is 22.5 Å². The molecule has 0 bridgehead atoms. The quantitative estimate of drug-likeness (QED) is 0.470. The summed E-state index contributed by atoms with van der Waals surface area (Å²) in [6.45, 7) is 0.242. The van der Waals surface area contributed by atoms with Gasteiger partial charge in [0.1, 0.15) is 11.2 Å². The van der Waals surface area contributed by atoms with Crippen LogP contribution in [-0.4, -0.2) is 31.5 Å². The van der Waals surface area contributed by atoms with E-state index in [4.69, 9.17) is 4.52 Å². The Morgan fingerprint density at radius 1 is 0.933 bits per heavy atom. The molecule has 2 N–H and O–H groups in total. The topological polar surface area (TPSA) is 110 Å². The number of carbonyl (C=O) groups is 1. The van der Waals surface area contributed by atoms with Crippen LogP contribution in [0, 0.1) is 0 Å².